The number of alkyl halides is 1. The van der Waals surface area contributed by atoms with Crippen LogP contribution in [0.15, 0.2) is 24.3 Å². The lowest BCUT2D eigenvalue weighted by molar-refractivity contribution is -0.178. The maximum atomic E-state index is 11.6. The summed E-state index contributed by atoms with van der Waals surface area (Å²) in [6.45, 7) is 12.9. The first-order valence-corrected chi connectivity index (χ1v) is 8.57. The largest absolute Gasteiger partial charge is 0.389 e. The van der Waals surface area contributed by atoms with Crippen molar-refractivity contribution in [1.29, 1.82) is 0 Å². The molecule has 0 saturated carbocycles. The lowest BCUT2D eigenvalue weighted by Gasteiger charge is -2.18. The fourth-order valence-electron chi connectivity index (χ4n) is 1.61. The number of ether oxygens (including phenoxy) is 1. The predicted octanol–water partition coefficient (Wildman–Crippen LogP) is 3.99. The van der Waals surface area contributed by atoms with Crippen molar-refractivity contribution in [3.05, 3.63) is 24.3 Å². The normalized spacial score (nSPS) is 14.1. The third-order valence-electron chi connectivity index (χ3n) is 2.65. The number of carbonyl (C=O) groups is 1. The van der Waals surface area contributed by atoms with Crippen LogP contribution in [0.25, 0.3) is 0 Å². The van der Waals surface area contributed by atoms with Crippen molar-refractivity contribution in [2.75, 3.05) is 6.61 Å². The van der Waals surface area contributed by atoms with E-state index >= 15 is 0 Å². The molecule has 5 heteroatoms. The highest BCUT2D eigenvalue weighted by molar-refractivity contribution is 6.20. The van der Waals surface area contributed by atoms with Gasteiger partial charge in [-0.05, 0) is 39.7 Å². The summed E-state index contributed by atoms with van der Waals surface area (Å²) in [4.78, 5) is 11.6. The molecule has 0 radical (unpaired) electrons. The van der Waals surface area contributed by atoms with Gasteiger partial charge in [-0.2, -0.15) is 0 Å². The Labute approximate surface area is 146 Å². The van der Waals surface area contributed by atoms with E-state index in [0.29, 0.717) is 25.7 Å². The molecule has 2 atom stereocenters. The Hall–Kier alpha value is -0.680. The average Bonchev–Trinajstić information content (AvgIpc) is 2.43. The van der Waals surface area contributed by atoms with Crippen molar-refractivity contribution >= 4 is 17.4 Å². The zero-order valence-electron chi connectivity index (χ0n) is 15.1. The second kappa shape index (κ2) is 13.7. The molecule has 0 rings (SSSR count). The molecule has 0 amide bonds. The van der Waals surface area contributed by atoms with Gasteiger partial charge in [-0.1, -0.05) is 25.5 Å². The van der Waals surface area contributed by atoms with Gasteiger partial charge < -0.3 is 14.9 Å². The highest BCUT2D eigenvalue weighted by Crippen LogP contribution is 2.15. The summed E-state index contributed by atoms with van der Waals surface area (Å²) in [6.07, 6.45) is 4.02. The van der Waals surface area contributed by atoms with E-state index in [0.717, 1.165) is 5.57 Å². The second-order valence-corrected chi connectivity index (χ2v) is 6.39. The minimum absolute atomic E-state index is 0.0650. The van der Waals surface area contributed by atoms with E-state index in [4.69, 9.17) is 16.3 Å². The van der Waals surface area contributed by atoms with Gasteiger partial charge in [0.2, 0.25) is 0 Å². The Morgan fingerprint density at radius 1 is 1.35 bits per heavy atom. The van der Waals surface area contributed by atoms with E-state index in [-0.39, 0.29) is 17.8 Å². The minimum atomic E-state index is -1.21. The van der Waals surface area contributed by atoms with Crippen molar-refractivity contribution in [1.82, 2.24) is 0 Å². The summed E-state index contributed by atoms with van der Waals surface area (Å²) >= 11 is 6.07. The Kier molecular flexibility index (Phi) is 14.7. The van der Waals surface area contributed by atoms with Crippen LogP contribution >= 0.6 is 11.6 Å². The number of halogens is 1. The molecule has 0 aromatic carbocycles. The Bertz CT molecular complexity index is 359. The fraction of sp³-hybridized carbons (Fsp3) is 0.722. The summed E-state index contributed by atoms with van der Waals surface area (Å²) in [7, 11) is 0. The van der Waals surface area contributed by atoms with Gasteiger partial charge in [-0.3, -0.25) is 4.79 Å². The molecule has 0 bridgehead atoms. The molecule has 0 aromatic heterocycles. The van der Waals surface area contributed by atoms with Crippen LogP contribution in [0.1, 0.15) is 60.3 Å². The molecule has 0 fully saturated rings. The SMILES string of the molecule is C=C(C)CC(Cl)CCC(=O)/C=C/C(O)CCOC(C)(C)O.CC. The van der Waals surface area contributed by atoms with Crippen molar-refractivity contribution in [3.8, 4) is 0 Å². The Balaban J connectivity index is 0. The number of carbonyl (C=O) groups excluding carboxylic acids is 1. The molecule has 0 saturated heterocycles. The second-order valence-electron chi connectivity index (χ2n) is 5.77. The van der Waals surface area contributed by atoms with Crippen LogP contribution in [0, 0.1) is 0 Å². The molecule has 4 nitrogen and oxygen atoms in total. The first-order chi connectivity index (χ1) is 10.6. The van der Waals surface area contributed by atoms with Crippen LogP contribution in [-0.2, 0) is 9.53 Å². The lowest BCUT2D eigenvalue weighted by atomic mass is 10.1. The molecule has 136 valence electrons. The molecular weight excluding hydrogens is 316 g/mol. The summed E-state index contributed by atoms with van der Waals surface area (Å²) in [5, 5.41) is 18.9. The third kappa shape index (κ3) is 19.3. The van der Waals surface area contributed by atoms with Gasteiger partial charge in [0.05, 0.1) is 12.7 Å². The van der Waals surface area contributed by atoms with Gasteiger partial charge in [0.1, 0.15) is 0 Å². The van der Waals surface area contributed by atoms with Gasteiger partial charge >= 0.3 is 0 Å². The molecule has 0 spiro atoms. The summed E-state index contributed by atoms with van der Waals surface area (Å²) in [5.41, 5.74) is 1.00. The number of ketones is 1. The van der Waals surface area contributed by atoms with Crippen molar-refractivity contribution < 1.29 is 19.7 Å². The van der Waals surface area contributed by atoms with Gasteiger partial charge in [0.25, 0.3) is 0 Å². The zero-order chi connectivity index (χ0) is 18.5. The van der Waals surface area contributed by atoms with Crippen molar-refractivity contribution in [2.24, 2.45) is 0 Å². The smallest absolute Gasteiger partial charge is 0.159 e. The number of hydrogen-bond donors (Lipinski definition) is 2. The molecule has 0 aliphatic rings. The summed E-state index contributed by atoms with van der Waals surface area (Å²) < 4.78 is 5.07. The maximum absolute atomic E-state index is 11.6. The zero-order valence-corrected chi connectivity index (χ0v) is 15.9. The molecule has 2 N–H and O–H groups in total. The molecule has 0 aliphatic heterocycles. The van der Waals surface area contributed by atoms with Gasteiger partial charge in [0, 0.05) is 18.2 Å². The number of aliphatic hydroxyl groups excluding tert-OH is 1. The van der Waals surface area contributed by atoms with Crippen molar-refractivity contribution in [2.45, 2.75) is 77.6 Å². The predicted molar refractivity (Wildman–Crippen MR) is 96.7 cm³/mol. The van der Waals surface area contributed by atoms with E-state index in [1.54, 1.807) is 0 Å². The monoisotopic (exact) mass is 348 g/mol. The Morgan fingerprint density at radius 2 is 1.91 bits per heavy atom. The van der Waals surface area contributed by atoms with E-state index in [1.807, 2.05) is 20.8 Å². The number of hydrogen-bond acceptors (Lipinski definition) is 4. The van der Waals surface area contributed by atoms with Crippen LogP contribution in [-0.4, -0.2) is 39.9 Å². The van der Waals surface area contributed by atoms with E-state index in [2.05, 4.69) is 6.58 Å². The van der Waals surface area contributed by atoms with Crippen LogP contribution in [0.3, 0.4) is 0 Å². The first kappa shape index (κ1) is 24.6. The number of allylic oxidation sites excluding steroid dienone is 2. The van der Waals surface area contributed by atoms with E-state index in [1.165, 1.54) is 26.0 Å². The van der Waals surface area contributed by atoms with Crippen LogP contribution in [0.4, 0.5) is 0 Å². The number of rotatable bonds is 11. The summed E-state index contributed by atoms with van der Waals surface area (Å²) in [5.74, 6) is -1.28. The highest BCUT2D eigenvalue weighted by atomic mass is 35.5. The highest BCUT2D eigenvalue weighted by Gasteiger charge is 2.13. The van der Waals surface area contributed by atoms with Gasteiger partial charge in [0.15, 0.2) is 11.6 Å². The molecule has 0 aromatic rings. The first-order valence-electron chi connectivity index (χ1n) is 8.14. The number of aliphatic hydroxyl groups is 2. The standard InChI is InChI=1S/C16H27ClO4.C2H6/c1-12(2)11-13(17)5-6-14(18)7-8-15(19)9-10-21-16(3,4)20;1-2/h7-8,13,15,19-20H,1,5-6,9-11H2,2-4H3;1-2H3/b8-7+;. The van der Waals surface area contributed by atoms with Crippen LogP contribution in [0.2, 0.25) is 0 Å². The molecule has 23 heavy (non-hydrogen) atoms. The van der Waals surface area contributed by atoms with E-state index in [9.17, 15) is 15.0 Å². The Morgan fingerprint density at radius 3 is 2.39 bits per heavy atom. The van der Waals surface area contributed by atoms with E-state index < -0.39 is 11.9 Å². The van der Waals surface area contributed by atoms with Gasteiger partial charge in [-0.15, -0.1) is 18.2 Å². The third-order valence-corrected chi connectivity index (χ3v) is 3.02. The summed E-state index contributed by atoms with van der Waals surface area (Å²) in [6, 6.07) is 0. The topological polar surface area (TPSA) is 66.8 Å². The molecular formula is C18H33ClO4. The molecule has 2 unspecified atom stereocenters. The van der Waals surface area contributed by atoms with Crippen LogP contribution in [0.5, 0.6) is 0 Å². The molecule has 0 heterocycles. The van der Waals surface area contributed by atoms with Gasteiger partial charge in [-0.25, -0.2) is 0 Å². The quantitative estimate of drug-likeness (QED) is 0.256. The fourth-order valence-corrected chi connectivity index (χ4v) is 1.98. The minimum Gasteiger partial charge on any atom is -0.389 e. The van der Waals surface area contributed by atoms with Crippen LogP contribution < -0.4 is 0 Å². The lowest BCUT2D eigenvalue weighted by Crippen LogP contribution is -2.25. The van der Waals surface area contributed by atoms with Crippen molar-refractivity contribution in [3.63, 3.8) is 0 Å². The molecule has 0 aliphatic carbocycles. The maximum Gasteiger partial charge on any atom is 0.159 e. The average molecular weight is 349 g/mol.